The number of hydrogen-bond donors (Lipinski definition) is 0. The third-order valence-corrected chi connectivity index (χ3v) is 5.13. The number of allylic oxidation sites excluding steroid dienone is 2. The molecular weight excluding hydrogens is 376 g/mol. The molecule has 3 aromatic heterocycles. The highest BCUT2D eigenvalue weighted by Gasteiger charge is 2.28. The molecule has 1 atom stereocenters. The van der Waals surface area contributed by atoms with E-state index in [0.29, 0.717) is 18.8 Å². The van der Waals surface area contributed by atoms with Gasteiger partial charge in [-0.1, -0.05) is 23.8 Å². The van der Waals surface area contributed by atoms with E-state index in [0.717, 1.165) is 34.0 Å². The fourth-order valence-electron chi connectivity index (χ4n) is 3.58. The smallest absolute Gasteiger partial charge is 0.190 e. The molecule has 6 nitrogen and oxygen atoms in total. The second-order valence-electron chi connectivity index (χ2n) is 7.53. The Labute approximate surface area is 174 Å². The number of ether oxygens (including phenoxy) is 2. The van der Waals surface area contributed by atoms with Gasteiger partial charge in [0.1, 0.15) is 6.61 Å². The molecule has 5 rings (SSSR count). The zero-order chi connectivity index (χ0) is 20.5. The van der Waals surface area contributed by atoms with Crippen LogP contribution in [-0.4, -0.2) is 26.1 Å². The lowest BCUT2D eigenvalue weighted by Crippen LogP contribution is -2.24. The van der Waals surface area contributed by atoms with Crippen LogP contribution < -0.4 is 9.47 Å². The minimum absolute atomic E-state index is 0.302. The Morgan fingerprint density at radius 2 is 1.90 bits per heavy atom. The van der Waals surface area contributed by atoms with Gasteiger partial charge in [-0.15, -0.1) is 0 Å². The van der Waals surface area contributed by atoms with Crippen molar-refractivity contribution in [2.45, 2.75) is 26.5 Å². The Balaban J connectivity index is 1.60. The Bertz CT molecular complexity index is 1230. The first-order chi connectivity index (χ1) is 14.7. The van der Waals surface area contributed by atoms with Crippen LogP contribution in [0.4, 0.5) is 0 Å². The molecule has 0 saturated heterocycles. The normalized spacial score (nSPS) is 15.2. The van der Waals surface area contributed by atoms with Gasteiger partial charge in [0, 0.05) is 30.7 Å². The van der Waals surface area contributed by atoms with E-state index in [4.69, 9.17) is 14.5 Å². The second kappa shape index (κ2) is 7.63. The summed E-state index contributed by atoms with van der Waals surface area (Å²) in [5, 5.41) is 0. The number of aromatic nitrogens is 4. The maximum absolute atomic E-state index is 6.24. The van der Waals surface area contributed by atoms with Crippen LogP contribution in [0.15, 0.2) is 72.7 Å². The molecule has 1 aromatic carbocycles. The van der Waals surface area contributed by atoms with E-state index in [2.05, 4.69) is 40.5 Å². The molecule has 0 saturated carbocycles. The summed E-state index contributed by atoms with van der Waals surface area (Å²) in [5.41, 5.74) is 5.02. The maximum Gasteiger partial charge on any atom is 0.190 e. The Hall–Kier alpha value is -3.67. The van der Waals surface area contributed by atoms with Crippen molar-refractivity contribution in [3.8, 4) is 22.6 Å². The van der Waals surface area contributed by atoms with Crippen molar-refractivity contribution >= 4 is 11.2 Å². The van der Waals surface area contributed by atoms with E-state index in [1.165, 1.54) is 5.57 Å². The third kappa shape index (κ3) is 3.41. The first kappa shape index (κ1) is 18.4. The van der Waals surface area contributed by atoms with Crippen LogP contribution in [0.5, 0.6) is 11.5 Å². The van der Waals surface area contributed by atoms with Gasteiger partial charge in [0.15, 0.2) is 29.1 Å². The molecule has 0 fully saturated rings. The standard InChI is InChI=1S/C24H22N4O2/c1-16(2)9-12-28-19-13-18(17-7-10-25-11-8-17)14-26-23(19)27-24(28)22-15-29-20-5-3-4-6-21(20)30-22/h3-11,13-14,22H,12,15H2,1-2H3. The van der Waals surface area contributed by atoms with Crippen molar-refractivity contribution in [3.05, 3.63) is 78.5 Å². The average molecular weight is 398 g/mol. The van der Waals surface area contributed by atoms with Crippen LogP contribution >= 0.6 is 0 Å². The molecule has 0 radical (unpaired) electrons. The fourth-order valence-corrected chi connectivity index (χ4v) is 3.58. The predicted molar refractivity (Wildman–Crippen MR) is 115 cm³/mol. The summed E-state index contributed by atoms with van der Waals surface area (Å²) in [4.78, 5) is 13.6. The number of para-hydroxylation sites is 2. The molecule has 150 valence electrons. The van der Waals surface area contributed by atoms with Crippen molar-refractivity contribution < 1.29 is 9.47 Å². The lowest BCUT2D eigenvalue weighted by atomic mass is 10.1. The van der Waals surface area contributed by atoms with Gasteiger partial charge in [0.05, 0.1) is 5.52 Å². The first-order valence-electron chi connectivity index (χ1n) is 9.97. The molecule has 4 aromatic rings. The number of imidazole rings is 1. The SMILES string of the molecule is CC(C)=CCn1c(C2COc3ccccc3O2)nc2ncc(-c3ccncc3)cc21. The summed E-state index contributed by atoms with van der Waals surface area (Å²) < 4.78 is 14.4. The lowest BCUT2D eigenvalue weighted by Gasteiger charge is -2.26. The van der Waals surface area contributed by atoms with Crippen molar-refractivity contribution in [2.24, 2.45) is 0 Å². The van der Waals surface area contributed by atoms with E-state index < -0.39 is 0 Å². The molecule has 0 bridgehead atoms. The predicted octanol–water partition coefficient (Wildman–Crippen LogP) is 4.97. The number of benzene rings is 1. The molecule has 1 aliphatic rings. The summed E-state index contributed by atoms with van der Waals surface area (Å²) in [5.74, 6) is 2.31. The highest BCUT2D eigenvalue weighted by molar-refractivity contribution is 5.79. The number of rotatable bonds is 4. The summed E-state index contributed by atoms with van der Waals surface area (Å²) in [6.45, 7) is 5.29. The topological polar surface area (TPSA) is 62.1 Å². The molecule has 4 heterocycles. The van der Waals surface area contributed by atoms with Gasteiger partial charge in [0.25, 0.3) is 0 Å². The van der Waals surface area contributed by atoms with Gasteiger partial charge in [0.2, 0.25) is 0 Å². The monoisotopic (exact) mass is 398 g/mol. The van der Waals surface area contributed by atoms with Crippen molar-refractivity contribution in [1.82, 2.24) is 19.5 Å². The number of pyridine rings is 2. The zero-order valence-corrected chi connectivity index (χ0v) is 16.9. The lowest BCUT2D eigenvalue weighted by molar-refractivity contribution is 0.0831. The van der Waals surface area contributed by atoms with Crippen LogP contribution in [0.1, 0.15) is 25.8 Å². The number of nitrogens with zero attached hydrogens (tertiary/aromatic N) is 4. The van der Waals surface area contributed by atoms with Crippen molar-refractivity contribution in [2.75, 3.05) is 6.61 Å². The molecule has 6 heteroatoms. The van der Waals surface area contributed by atoms with Gasteiger partial charge in [-0.3, -0.25) is 4.98 Å². The Kier molecular flexibility index (Phi) is 4.67. The summed E-state index contributed by atoms with van der Waals surface area (Å²) in [6, 6.07) is 13.8. The van der Waals surface area contributed by atoms with Crippen LogP contribution in [0.25, 0.3) is 22.3 Å². The highest BCUT2D eigenvalue weighted by atomic mass is 16.6. The minimum atomic E-state index is -0.302. The maximum atomic E-state index is 6.24. The van der Waals surface area contributed by atoms with Gasteiger partial charge < -0.3 is 14.0 Å². The third-order valence-electron chi connectivity index (χ3n) is 5.13. The molecule has 0 amide bonds. The van der Waals surface area contributed by atoms with Crippen molar-refractivity contribution in [3.63, 3.8) is 0 Å². The van der Waals surface area contributed by atoms with Gasteiger partial charge in [-0.05, 0) is 49.7 Å². The summed E-state index contributed by atoms with van der Waals surface area (Å²) >= 11 is 0. The Morgan fingerprint density at radius 3 is 2.70 bits per heavy atom. The molecule has 30 heavy (non-hydrogen) atoms. The van der Waals surface area contributed by atoms with Gasteiger partial charge >= 0.3 is 0 Å². The van der Waals surface area contributed by atoms with E-state index in [-0.39, 0.29) is 6.10 Å². The molecule has 1 aliphatic heterocycles. The minimum Gasteiger partial charge on any atom is -0.485 e. The average Bonchev–Trinajstić information content (AvgIpc) is 3.15. The molecule has 1 unspecified atom stereocenters. The number of hydrogen-bond acceptors (Lipinski definition) is 5. The quantitative estimate of drug-likeness (QED) is 0.454. The van der Waals surface area contributed by atoms with Crippen molar-refractivity contribution in [1.29, 1.82) is 0 Å². The molecular formula is C24H22N4O2. The number of fused-ring (bicyclic) bond motifs is 2. The first-order valence-corrected chi connectivity index (χ1v) is 9.97. The van der Waals surface area contributed by atoms with Crippen LogP contribution in [0.3, 0.4) is 0 Å². The van der Waals surface area contributed by atoms with Gasteiger partial charge in [-0.25, -0.2) is 9.97 Å². The summed E-state index contributed by atoms with van der Waals surface area (Å²) in [6.07, 6.45) is 7.31. The molecule has 0 spiro atoms. The van der Waals surface area contributed by atoms with E-state index in [9.17, 15) is 0 Å². The molecule has 0 aliphatic carbocycles. The van der Waals surface area contributed by atoms with Gasteiger partial charge in [-0.2, -0.15) is 0 Å². The fraction of sp³-hybridized carbons (Fsp3) is 0.208. The highest BCUT2D eigenvalue weighted by Crippen LogP contribution is 2.36. The Morgan fingerprint density at radius 1 is 1.10 bits per heavy atom. The van der Waals surface area contributed by atoms with Crippen LogP contribution in [0.2, 0.25) is 0 Å². The van der Waals surface area contributed by atoms with Crippen LogP contribution in [0, 0.1) is 0 Å². The molecule has 0 N–H and O–H groups in total. The van der Waals surface area contributed by atoms with E-state index in [1.54, 1.807) is 12.4 Å². The van der Waals surface area contributed by atoms with E-state index >= 15 is 0 Å². The second-order valence-corrected chi connectivity index (χ2v) is 7.53. The zero-order valence-electron chi connectivity index (χ0n) is 16.9. The summed E-state index contributed by atoms with van der Waals surface area (Å²) in [7, 11) is 0. The van der Waals surface area contributed by atoms with Crippen LogP contribution in [-0.2, 0) is 6.54 Å². The largest absolute Gasteiger partial charge is 0.485 e. The van der Waals surface area contributed by atoms with E-state index in [1.807, 2.05) is 42.6 Å².